The lowest BCUT2D eigenvalue weighted by Gasteiger charge is -2.24. The zero-order chi connectivity index (χ0) is 18.0. The van der Waals surface area contributed by atoms with Gasteiger partial charge < -0.3 is 15.0 Å². The number of hydrogen-bond donors (Lipinski definition) is 3. The predicted molar refractivity (Wildman–Crippen MR) is 103 cm³/mol. The first-order valence-electron chi connectivity index (χ1n) is 9.26. The number of rotatable bonds is 7. The Morgan fingerprint density at radius 2 is 2.16 bits per heavy atom. The first-order valence-corrected chi connectivity index (χ1v) is 9.26. The molecule has 0 saturated carbocycles. The zero-order valence-corrected chi connectivity index (χ0v) is 15.4. The Morgan fingerprint density at radius 3 is 2.88 bits per heavy atom. The fraction of sp³-hybridized carbons (Fsp3) is 0.500. The van der Waals surface area contributed by atoms with Crippen molar-refractivity contribution in [2.45, 2.75) is 46.5 Å². The number of aryl methyl sites for hydroxylation is 1. The Balaban J connectivity index is 1.79. The molecule has 1 aromatic carbocycles. The van der Waals surface area contributed by atoms with Gasteiger partial charge in [-0.2, -0.15) is 0 Å². The lowest BCUT2D eigenvalue weighted by atomic mass is 9.99. The molecule has 3 N–H and O–H groups in total. The summed E-state index contributed by atoms with van der Waals surface area (Å²) in [5.41, 5.74) is 3.50. The van der Waals surface area contributed by atoms with Crippen molar-refractivity contribution >= 4 is 22.4 Å². The van der Waals surface area contributed by atoms with Crippen LogP contribution >= 0.6 is 0 Å². The van der Waals surface area contributed by atoms with Crippen LogP contribution in [0.2, 0.25) is 0 Å². The molecule has 3 rings (SSSR count). The molecule has 0 amide bonds. The monoisotopic (exact) mass is 340 g/mol. The van der Waals surface area contributed by atoms with Crippen LogP contribution in [-0.2, 0) is 0 Å². The number of aliphatic hydroxyl groups excluding tert-OH is 1. The number of amidine groups is 1. The number of nitrogens with one attached hydrogen (secondary N) is 2. The molecule has 0 radical (unpaired) electrons. The van der Waals surface area contributed by atoms with E-state index in [0.29, 0.717) is 29.7 Å². The number of fused-ring (bicyclic) bond motifs is 1. The molecule has 2 aromatic rings. The quantitative estimate of drug-likeness (QED) is 0.686. The fourth-order valence-electron chi connectivity index (χ4n) is 3.51. The fourth-order valence-corrected chi connectivity index (χ4v) is 3.51. The number of benzene rings is 1. The Labute approximate surface area is 149 Å². The highest BCUT2D eigenvalue weighted by Gasteiger charge is 2.31. The summed E-state index contributed by atoms with van der Waals surface area (Å²) in [6.07, 6.45) is 4.69. The van der Waals surface area contributed by atoms with Gasteiger partial charge in [0, 0.05) is 6.54 Å². The van der Waals surface area contributed by atoms with Crippen molar-refractivity contribution in [3.8, 4) is 0 Å². The van der Waals surface area contributed by atoms with E-state index in [2.05, 4.69) is 23.8 Å². The number of aromatic amines is 1. The highest BCUT2D eigenvalue weighted by atomic mass is 16.3. The summed E-state index contributed by atoms with van der Waals surface area (Å²) in [6.45, 7) is 7.68. The van der Waals surface area contributed by atoms with Gasteiger partial charge in [-0.25, -0.2) is 4.98 Å². The smallest absolute Gasteiger partial charge is 0.145 e. The highest BCUT2D eigenvalue weighted by Crippen LogP contribution is 2.29. The van der Waals surface area contributed by atoms with Gasteiger partial charge in [0.05, 0.1) is 23.2 Å². The molecule has 0 fully saturated rings. The topological polar surface area (TPSA) is 76.0 Å². The van der Waals surface area contributed by atoms with E-state index in [4.69, 9.17) is 5.41 Å². The minimum atomic E-state index is 0.242. The molecule has 0 spiro atoms. The number of imidazole rings is 1. The average molecular weight is 340 g/mol. The molecule has 0 aliphatic carbocycles. The third-order valence-electron chi connectivity index (χ3n) is 5.08. The molecule has 1 atom stereocenters. The van der Waals surface area contributed by atoms with E-state index in [9.17, 15) is 5.11 Å². The molecule has 1 aromatic heterocycles. The van der Waals surface area contributed by atoms with Crippen LogP contribution < -0.4 is 0 Å². The van der Waals surface area contributed by atoms with Crippen LogP contribution in [0.4, 0.5) is 0 Å². The summed E-state index contributed by atoms with van der Waals surface area (Å²) in [5.74, 6) is 1.77. The van der Waals surface area contributed by atoms with Crippen LogP contribution in [0.1, 0.15) is 50.9 Å². The van der Waals surface area contributed by atoms with Crippen LogP contribution in [0.5, 0.6) is 0 Å². The van der Waals surface area contributed by atoms with Gasteiger partial charge >= 0.3 is 0 Å². The minimum absolute atomic E-state index is 0.242. The van der Waals surface area contributed by atoms with E-state index in [1.165, 1.54) is 19.3 Å². The number of aliphatic hydroxyl groups is 1. The molecule has 0 bridgehead atoms. The SMILES string of the molecule is CCCC[C@H](CC)CN1CC(O)=C(c2nc3ccc(C)cc3[nH]2)C1=N. The lowest BCUT2D eigenvalue weighted by molar-refractivity contribution is 0.298. The molecule has 0 unspecified atom stereocenters. The maximum absolute atomic E-state index is 10.5. The maximum Gasteiger partial charge on any atom is 0.145 e. The van der Waals surface area contributed by atoms with Crippen LogP contribution in [0, 0.1) is 18.3 Å². The molecule has 5 heteroatoms. The van der Waals surface area contributed by atoms with Gasteiger partial charge in [-0.1, -0.05) is 39.2 Å². The Hall–Kier alpha value is -2.30. The standard InChI is InChI=1S/C20H28N4O/c1-4-6-7-14(5-2)11-24-12-17(25)18(19(24)21)20-22-15-9-8-13(3)10-16(15)23-20/h8-10,14,21,25H,4-7,11-12H2,1-3H3,(H,22,23)/t14-/m0/s1. The van der Waals surface area contributed by atoms with Gasteiger partial charge in [0.25, 0.3) is 0 Å². The molecule has 134 valence electrons. The van der Waals surface area contributed by atoms with E-state index in [0.717, 1.165) is 29.6 Å². The van der Waals surface area contributed by atoms with Gasteiger partial charge in [0.15, 0.2) is 0 Å². The van der Waals surface area contributed by atoms with Crippen LogP contribution in [0.3, 0.4) is 0 Å². The predicted octanol–water partition coefficient (Wildman–Crippen LogP) is 4.65. The number of nitrogens with zero attached hydrogens (tertiary/aromatic N) is 2. The summed E-state index contributed by atoms with van der Waals surface area (Å²) < 4.78 is 0. The molecule has 2 heterocycles. The Bertz CT molecular complexity index is 805. The summed E-state index contributed by atoms with van der Waals surface area (Å²) in [6, 6.07) is 6.03. The molecule has 0 saturated heterocycles. The van der Waals surface area contributed by atoms with Crippen molar-refractivity contribution in [3.05, 3.63) is 35.3 Å². The second kappa shape index (κ2) is 7.30. The van der Waals surface area contributed by atoms with Crippen LogP contribution in [0.25, 0.3) is 16.6 Å². The highest BCUT2D eigenvalue weighted by molar-refractivity contribution is 6.23. The summed E-state index contributed by atoms with van der Waals surface area (Å²) in [5, 5.41) is 19.0. The van der Waals surface area contributed by atoms with Gasteiger partial charge in [0.1, 0.15) is 17.4 Å². The maximum atomic E-state index is 10.5. The lowest BCUT2D eigenvalue weighted by Crippen LogP contribution is -2.32. The third-order valence-corrected chi connectivity index (χ3v) is 5.08. The molecule has 1 aliphatic rings. The molecule has 25 heavy (non-hydrogen) atoms. The number of unbranched alkanes of at least 4 members (excludes halogenated alkanes) is 1. The Morgan fingerprint density at radius 1 is 1.36 bits per heavy atom. The van der Waals surface area contributed by atoms with E-state index >= 15 is 0 Å². The first kappa shape index (κ1) is 17.5. The van der Waals surface area contributed by atoms with E-state index in [1.807, 2.05) is 30.0 Å². The van der Waals surface area contributed by atoms with Crippen molar-refractivity contribution in [2.75, 3.05) is 13.1 Å². The summed E-state index contributed by atoms with van der Waals surface area (Å²) in [7, 11) is 0. The van der Waals surface area contributed by atoms with E-state index in [-0.39, 0.29) is 5.76 Å². The van der Waals surface area contributed by atoms with Crippen molar-refractivity contribution in [2.24, 2.45) is 5.92 Å². The van der Waals surface area contributed by atoms with Gasteiger partial charge in [-0.15, -0.1) is 0 Å². The van der Waals surface area contributed by atoms with Gasteiger partial charge in [-0.05, 0) is 37.0 Å². The number of hydrogen-bond acceptors (Lipinski definition) is 3. The van der Waals surface area contributed by atoms with Crippen molar-refractivity contribution in [1.82, 2.24) is 14.9 Å². The minimum Gasteiger partial charge on any atom is -0.510 e. The molecule has 5 nitrogen and oxygen atoms in total. The van der Waals surface area contributed by atoms with Crippen molar-refractivity contribution < 1.29 is 5.11 Å². The molecular formula is C20H28N4O. The normalized spacial score (nSPS) is 16.3. The third kappa shape index (κ3) is 3.55. The second-order valence-corrected chi connectivity index (χ2v) is 7.07. The van der Waals surface area contributed by atoms with E-state index < -0.39 is 0 Å². The summed E-state index contributed by atoms with van der Waals surface area (Å²) in [4.78, 5) is 9.82. The second-order valence-electron chi connectivity index (χ2n) is 7.07. The number of H-pyrrole nitrogens is 1. The summed E-state index contributed by atoms with van der Waals surface area (Å²) >= 11 is 0. The van der Waals surface area contributed by atoms with Gasteiger partial charge in [0.2, 0.25) is 0 Å². The van der Waals surface area contributed by atoms with Crippen molar-refractivity contribution in [1.29, 1.82) is 5.41 Å². The van der Waals surface area contributed by atoms with Crippen LogP contribution in [0.15, 0.2) is 24.0 Å². The molecule has 1 aliphatic heterocycles. The molecular weight excluding hydrogens is 312 g/mol. The van der Waals surface area contributed by atoms with Crippen LogP contribution in [-0.4, -0.2) is 38.9 Å². The van der Waals surface area contributed by atoms with Crippen molar-refractivity contribution in [3.63, 3.8) is 0 Å². The largest absolute Gasteiger partial charge is 0.510 e. The van der Waals surface area contributed by atoms with E-state index in [1.54, 1.807) is 0 Å². The average Bonchev–Trinajstić information content (AvgIpc) is 3.11. The first-order chi connectivity index (χ1) is 12.0. The number of aromatic nitrogens is 2. The zero-order valence-electron chi connectivity index (χ0n) is 15.4. The van der Waals surface area contributed by atoms with Gasteiger partial charge in [-0.3, -0.25) is 5.41 Å². The Kier molecular flexibility index (Phi) is 5.11.